The minimum atomic E-state index is -0.521. The molecule has 6 heteroatoms. The van der Waals surface area contributed by atoms with Gasteiger partial charge in [0.15, 0.2) is 5.82 Å². The fourth-order valence-electron chi connectivity index (χ4n) is 1.13. The molecule has 60 valence electrons. The van der Waals surface area contributed by atoms with Crippen LogP contribution in [0, 0.1) is 0 Å². The second-order valence-corrected chi connectivity index (χ2v) is 2.69. The van der Waals surface area contributed by atoms with E-state index < -0.39 is 5.54 Å². The van der Waals surface area contributed by atoms with Crippen molar-refractivity contribution in [2.75, 3.05) is 13.2 Å². The highest BCUT2D eigenvalue weighted by Crippen LogP contribution is 2.23. The van der Waals surface area contributed by atoms with E-state index in [1.54, 1.807) is 0 Å². The predicted octanol–water partition coefficient (Wildman–Crippen LogP) is -1.23. The summed E-state index contributed by atoms with van der Waals surface area (Å²) < 4.78 is 5.14. The van der Waals surface area contributed by atoms with Crippen LogP contribution < -0.4 is 5.73 Å². The molecule has 1 unspecified atom stereocenters. The number of rotatable bonds is 1. The summed E-state index contributed by atoms with van der Waals surface area (Å²) in [5.41, 5.74) is 5.39. The van der Waals surface area contributed by atoms with E-state index in [0.717, 1.165) is 6.42 Å². The Labute approximate surface area is 63.1 Å². The standard InChI is InChI=1S/C5H9N5O/c6-5(1-2-11-3-5)4-7-9-10-8-4/h1-3,6H2,(H,7,8,9,10). The summed E-state index contributed by atoms with van der Waals surface area (Å²) in [5, 5.41) is 13.4. The molecule has 1 aliphatic heterocycles. The molecule has 1 aromatic heterocycles. The Bertz CT molecular complexity index is 227. The van der Waals surface area contributed by atoms with Crippen molar-refractivity contribution < 1.29 is 4.74 Å². The SMILES string of the molecule is NC1(c2nn[nH]n2)CCOC1. The van der Waals surface area contributed by atoms with Gasteiger partial charge in [-0.1, -0.05) is 5.21 Å². The van der Waals surface area contributed by atoms with Crippen LogP contribution in [-0.4, -0.2) is 33.8 Å². The topological polar surface area (TPSA) is 89.7 Å². The second-order valence-electron chi connectivity index (χ2n) is 2.69. The lowest BCUT2D eigenvalue weighted by molar-refractivity contribution is 0.176. The van der Waals surface area contributed by atoms with Crippen LogP contribution in [0.5, 0.6) is 0 Å². The molecule has 1 fully saturated rings. The van der Waals surface area contributed by atoms with Crippen LogP contribution in [0.15, 0.2) is 0 Å². The Balaban J connectivity index is 2.27. The van der Waals surface area contributed by atoms with Gasteiger partial charge in [0.2, 0.25) is 0 Å². The van der Waals surface area contributed by atoms with Crippen molar-refractivity contribution in [3.63, 3.8) is 0 Å². The van der Waals surface area contributed by atoms with Crippen LogP contribution in [0.3, 0.4) is 0 Å². The van der Waals surface area contributed by atoms with Crippen LogP contribution in [0.25, 0.3) is 0 Å². The highest BCUT2D eigenvalue weighted by Gasteiger charge is 2.36. The molecular formula is C5H9N5O. The lowest BCUT2D eigenvalue weighted by Crippen LogP contribution is -2.38. The first-order chi connectivity index (χ1) is 5.31. The van der Waals surface area contributed by atoms with E-state index in [0.29, 0.717) is 19.0 Å². The summed E-state index contributed by atoms with van der Waals surface area (Å²) in [6.07, 6.45) is 0.756. The third-order valence-corrected chi connectivity index (χ3v) is 1.84. The fourth-order valence-corrected chi connectivity index (χ4v) is 1.13. The first kappa shape index (κ1) is 6.68. The smallest absolute Gasteiger partial charge is 0.196 e. The molecule has 0 bridgehead atoms. The van der Waals surface area contributed by atoms with Crippen molar-refractivity contribution in [2.24, 2.45) is 5.73 Å². The third kappa shape index (κ3) is 0.997. The minimum absolute atomic E-state index is 0.479. The Hall–Kier alpha value is -1.01. The van der Waals surface area contributed by atoms with Crippen molar-refractivity contribution in [3.8, 4) is 0 Å². The number of hydrogen-bond acceptors (Lipinski definition) is 5. The zero-order valence-corrected chi connectivity index (χ0v) is 5.95. The fraction of sp³-hybridized carbons (Fsp3) is 0.800. The molecule has 0 amide bonds. The Kier molecular flexibility index (Phi) is 1.36. The molecule has 2 rings (SSSR count). The molecule has 1 saturated heterocycles. The maximum absolute atomic E-state index is 5.91. The van der Waals surface area contributed by atoms with Crippen molar-refractivity contribution >= 4 is 0 Å². The first-order valence-electron chi connectivity index (χ1n) is 3.42. The van der Waals surface area contributed by atoms with Crippen molar-refractivity contribution in [2.45, 2.75) is 12.0 Å². The normalized spacial score (nSPS) is 31.0. The summed E-state index contributed by atoms with van der Waals surface area (Å²) in [6, 6.07) is 0. The molecular weight excluding hydrogens is 146 g/mol. The zero-order chi connectivity index (χ0) is 7.73. The summed E-state index contributed by atoms with van der Waals surface area (Å²) >= 11 is 0. The zero-order valence-electron chi connectivity index (χ0n) is 5.95. The summed E-state index contributed by atoms with van der Waals surface area (Å²) in [5.74, 6) is 0.537. The molecule has 6 nitrogen and oxygen atoms in total. The maximum Gasteiger partial charge on any atom is 0.196 e. The molecule has 2 heterocycles. The van der Waals surface area contributed by atoms with Crippen molar-refractivity contribution in [1.82, 2.24) is 20.6 Å². The number of nitrogens with one attached hydrogen (secondary N) is 1. The molecule has 0 aliphatic carbocycles. The van der Waals surface area contributed by atoms with Crippen LogP contribution in [-0.2, 0) is 10.3 Å². The van der Waals surface area contributed by atoms with Gasteiger partial charge in [-0.15, -0.1) is 10.2 Å². The van der Waals surface area contributed by atoms with Crippen LogP contribution in [0.2, 0.25) is 0 Å². The van der Waals surface area contributed by atoms with Crippen LogP contribution in [0.4, 0.5) is 0 Å². The van der Waals surface area contributed by atoms with Gasteiger partial charge in [0, 0.05) is 6.61 Å². The predicted molar refractivity (Wildman–Crippen MR) is 35.5 cm³/mol. The first-order valence-corrected chi connectivity index (χ1v) is 3.42. The molecule has 0 aromatic carbocycles. The Morgan fingerprint density at radius 1 is 1.64 bits per heavy atom. The second kappa shape index (κ2) is 2.24. The molecule has 1 aliphatic rings. The van der Waals surface area contributed by atoms with E-state index in [9.17, 15) is 0 Å². The van der Waals surface area contributed by atoms with E-state index in [4.69, 9.17) is 10.5 Å². The van der Waals surface area contributed by atoms with Gasteiger partial charge < -0.3 is 10.5 Å². The number of ether oxygens (including phenoxy) is 1. The molecule has 0 spiro atoms. The van der Waals surface area contributed by atoms with E-state index in [-0.39, 0.29) is 0 Å². The van der Waals surface area contributed by atoms with E-state index in [1.807, 2.05) is 0 Å². The number of hydrogen-bond donors (Lipinski definition) is 2. The quantitative estimate of drug-likeness (QED) is 0.530. The lowest BCUT2D eigenvalue weighted by Gasteiger charge is -2.15. The average Bonchev–Trinajstić information content (AvgIpc) is 2.55. The van der Waals surface area contributed by atoms with E-state index in [1.165, 1.54) is 0 Å². The van der Waals surface area contributed by atoms with Gasteiger partial charge in [0.25, 0.3) is 0 Å². The summed E-state index contributed by atoms with van der Waals surface area (Å²) in [4.78, 5) is 0. The number of aromatic nitrogens is 4. The number of nitrogens with two attached hydrogens (primary N) is 1. The van der Waals surface area contributed by atoms with E-state index in [2.05, 4.69) is 20.6 Å². The summed E-state index contributed by atoms with van der Waals surface area (Å²) in [7, 11) is 0. The molecule has 0 saturated carbocycles. The lowest BCUT2D eigenvalue weighted by atomic mass is 10.0. The average molecular weight is 155 g/mol. The summed E-state index contributed by atoms with van der Waals surface area (Å²) in [6.45, 7) is 1.15. The van der Waals surface area contributed by atoms with Gasteiger partial charge >= 0.3 is 0 Å². The molecule has 11 heavy (non-hydrogen) atoms. The Morgan fingerprint density at radius 2 is 2.55 bits per heavy atom. The van der Waals surface area contributed by atoms with Crippen LogP contribution in [0.1, 0.15) is 12.2 Å². The minimum Gasteiger partial charge on any atom is -0.379 e. The monoisotopic (exact) mass is 155 g/mol. The van der Waals surface area contributed by atoms with Crippen LogP contribution >= 0.6 is 0 Å². The van der Waals surface area contributed by atoms with Gasteiger partial charge in [-0.25, -0.2) is 0 Å². The van der Waals surface area contributed by atoms with Gasteiger partial charge in [-0.2, -0.15) is 5.21 Å². The van der Waals surface area contributed by atoms with E-state index >= 15 is 0 Å². The number of H-pyrrole nitrogens is 1. The van der Waals surface area contributed by atoms with Gasteiger partial charge in [0.1, 0.15) is 5.54 Å². The number of aromatic amines is 1. The number of tetrazole rings is 1. The number of nitrogens with zero attached hydrogens (tertiary/aromatic N) is 3. The maximum atomic E-state index is 5.91. The highest BCUT2D eigenvalue weighted by molar-refractivity contribution is 5.03. The third-order valence-electron chi connectivity index (χ3n) is 1.84. The van der Waals surface area contributed by atoms with Crippen molar-refractivity contribution in [1.29, 1.82) is 0 Å². The molecule has 1 atom stereocenters. The molecule has 1 aromatic rings. The van der Waals surface area contributed by atoms with Gasteiger partial charge in [-0.3, -0.25) is 0 Å². The molecule has 0 radical (unpaired) electrons. The van der Waals surface area contributed by atoms with Gasteiger partial charge in [-0.05, 0) is 6.42 Å². The largest absolute Gasteiger partial charge is 0.379 e. The molecule has 3 N–H and O–H groups in total. The van der Waals surface area contributed by atoms with Crippen molar-refractivity contribution in [3.05, 3.63) is 5.82 Å². The highest BCUT2D eigenvalue weighted by atomic mass is 16.5. The Morgan fingerprint density at radius 3 is 3.09 bits per heavy atom. The van der Waals surface area contributed by atoms with Gasteiger partial charge in [0.05, 0.1) is 6.61 Å².